The normalized spacial score (nSPS) is 16.1. The van der Waals surface area contributed by atoms with Crippen molar-refractivity contribution < 1.29 is 9.59 Å². The molecule has 2 aromatic carbocycles. The van der Waals surface area contributed by atoms with Gasteiger partial charge in [-0.25, -0.2) is 0 Å². The number of fused-ring (bicyclic) bond motifs is 1. The number of nitrogens with one attached hydrogen (secondary N) is 1. The molecule has 5 nitrogen and oxygen atoms in total. The molecule has 2 heterocycles. The van der Waals surface area contributed by atoms with Crippen molar-refractivity contribution in [3.63, 3.8) is 0 Å². The Morgan fingerprint density at radius 3 is 2.65 bits per heavy atom. The highest BCUT2D eigenvalue weighted by Gasteiger charge is 2.43. The Balaban J connectivity index is 1.31. The first-order valence-corrected chi connectivity index (χ1v) is 12.8. The van der Waals surface area contributed by atoms with Crippen LogP contribution in [-0.2, 0) is 18.5 Å². The Kier molecular flexibility index (Phi) is 6.23. The van der Waals surface area contributed by atoms with Crippen molar-refractivity contribution in [1.82, 2.24) is 9.80 Å². The zero-order chi connectivity index (χ0) is 23.9. The van der Waals surface area contributed by atoms with Crippen LogP contribution in [0.15, 0.2) is 54.6 Å². The van der Waals surface area contributed by atoms with Gasteiger partial charge in [-0.15, -0.1) is 11.3 Å². The van der Waals surface area contributed by atoms with Crippen molar-refractivity contribution in [2.45, 2.75) is 37.8 Å². The average Bonchev–Trinajstić information content (AvgIpc) is 3.38. The van der Waals surface area contributed by atoms with E-state index in [1.54, 1.807) is 18.2 Å². The lowest BCUT2D eigenvalue weighted by molar-refractivity contribution is 0.0767. The van der Waals surface area contributed by atoms with Crippen LogP contribution >= 0.6 is 22.9 Å². The van der Waals surface area contributed by atoms with Gasteiger partial charge < -0.3 is 15.1 Å². The summed E-state index contributed by atoms with van der Waals surface area (Å²) < 4.78 is 0.558. The van der Waals surface area contributed by atoms with Crippen LogP contribution in [0.5, 0.6) is 0 Å². The lowest BCUT2D eigenvalue weighted by Crippen LogP contribution is -2.24. The van der Waals surface area contributed by atoms with Crippen LogP contribution in [0.4, 0.5) is 5.69 Å². The predicted molar refractivity (Wildman–Crippen MR) is 138 cm³/mol. The minimum atomic E-state index is -0.253. The zero-order valence-electron chi connectivity index (χ0n) is 19.4. The number of hydrogen-bond donors (Lipinski definition) is 1. The van der Waals surface area contributed by atoms with Crippen LogP contribution < -0.4 is 5.32 Å². The molecule has 0 unspecified atom stereocenters. The Morgan fingerprint density at radius 1 is 1.15 bits per heavy atom. The van der Waals surface area contributed by atoms with Crippen molar-refractivity contribution in [3.8, 4) is 0 Å². The number of anilines is 1. The third kappa shape index (κ3) is 4.63. The fraction of sp³-hybridized carbons (Fsp3) is 0.333. The highest BCUT2D eigenvalue weighted by atomic mass is 35.5. The molecule has 1 aromatic heterocycles. The van der Waals surface area contributed by atoms with Gasteiger partial charge in [0.05, 0.1) is 20.5 Å². The number of thiophene rings is 1. The second-order valence-corrected chi connectivity index (χ2v) is 11.3. The SMILES string of the molecule is CN(C)CCC1(c2cccc(CN3Cc4cccc(NC(=O)c5ccc(Cl)s5)c4C3=O)c2)CC1. The lowest BCUT2D eigenvalue weighted by Gasteiger charge is -2.21. The number of nitrogens with zero attached hydrogens (tertiary/aromatic N) is 2. The zero-order valence-corrected chi connectivity index (χ0v) is 21.0. The van der Waals surface area contributed by atoms with Gasteiger partial charge in [-0.3, -0.25) is 9.59 Å². The van der Waals surface area contributed by atoms with Gasteiger partial charge in [0, 0.05) is 13.1 Å². The van der Waals surface area contributed by atoms with Gasteiger partial charge in [0.2, 0.25) is 0 Å². The fourth-order valence-electron chi connectivity index (χ4n) is 4.76. The van der Waals surface area contributed by atoms with E-state index in [4.69, 9.17) is 11.6 Å². The number of carbonyl (C=O) groups is 2. The fourth-order valence-corrected chi connectivity index (χ4v) is 5.70. The number of rotatable bonds is 8. The molecule has 1 aliphatic carbocycles. The van der Waals surface area contributed by atoms with Crippen molar-refractivity contribution in [3.05, 3.63) is 86.1 Å². The van der Waals surface area contributed by atoms with Gasteiger partial charge in [-0.05, 0) is 80.2 Å². The topological polar surface area (TPSA) is 52.6 Å². The van der Waals surface area contributed by atoms with E-state index in [-0.39, 0.29) is 11.8 Å². The molecule has 0 atom stereocenters. The molecule has 1 aliphatic heterocycles. The van der Waals surface area contributed by atoms with Crippen molar-refractivity contribution in [2.24, 2.45) is 0 Å². The molecule has 0 radical (unpaired) electrons. The van der Waals surface area contributed by atoms with Crippen molar-refractivity contribution in [1.29, 1.82) is 0 Å². The van der Waals surface area contributed by atoms with Crippen LogP contribution in [0, 0.1) is 0 Å². The van der Waals surface area contributed by atoms with E-state index in [0.29, 0.717) is 39.0 Å². The molecule has 2 amide bonds. The van der Waals surface area contributed by atoms with E-state index >= 15 is 0 Å². The highest BCUT2D eigenvalue weighted by Crippen LogP contribution is 2.51. The maximum atomic E-state index is 13.4. The van der Waals surface area contributed by atoms with E-state index in [9.17, 15) is 9.59 Å². The lowest BCUT2D eigenvalue weighted by atomic mass is 9.91. The number of benzene rings is 2. The molecule has 7 heteroatoms. The molecule has 2 aliphatic rings. The third-order valence-electron chi connectivity index (χ3n) is 6.86. The highest BCUT2D eigenvalue weighted by molar-refractivity contribution is 7.18. The molecule has 5 rings (SSSR count). The Labute approximate surface area is 209 Å². The Hall–Kier alpha value is -2.67. The number of carbonyl (C=O) groups excluding carboxylic acids is 2. The van der Waals surface area contributed by atoms with Crippen LogP contribution in [0.3, 0.4) is 0 Å². The molecular weight excluding hydrogens is 466 g/mol. The molecule has 1 saturated carbocycles. The summed E-state index contributed by atoms with van der Waals surface area (Å²) in [6.45, 7) is 2.17. The quantitative estimate of drug-likeness (QED) is 0.432. The van der Waals surface area contributed by atoms with E-state index < -0.39 is 0 Å². The Morgan fingerprint density at radius 2 is 1.94 bits per heavy atom. The summed E-state index contributed by atoms with van der Waals surface area (Å²) in [4.78, 5) is 30.6. The first-order chi connectivity index (χ1) is 16.3. The van der Waals surface area contributed by atoms with E-state index in [1.165, 1.54) is 29.7 Å². The van der Waals surface area contributed by atoms with E-state index in [2.05, 4.69) is 48.6 Å². The summed E-state index contributed by atoms with van der Waals surface area (Å²) in [5.74, 6) is -0.300. The minimum absolute atomic E-state index is 0.0470. The van der Waals surface area contributed by atoms with Gasteiger partial charge >= 0.3 is 0 Å². The summed E-state index contributed by atoms with van der Waals surface area (Å²) in [5.41, 5.74) is 4.90. The van der Waals surface area contributed by atoms with Crippen LogP contribution in [0.2, 0.25) is 4.34 Å². The van der Waals surface area contributed by atoms with E-state index in [1.807, 2.05) is 17.0 Å². The summed E-state index contributed by atoms with van der Waals surface area (Å²) in [5, 5.41) is 2.91. The molecule has 0 bridgehead atoms. The summed E-state index contributed by atoms with van der Waals surface area (Å²) >= 11 is 7.19. The first kappa shape index (κ1) is 23.1. The standard InChI is InChI=1S/C27H28ClN3O2S/c1-30(2)14-13-27(11-12-27)20-7-3-5-18(15-20)16-31-17-19-6-4-8-21(24(19)26(31)33)29-25(32)22-9-10-23(28)34-22/h3-10,15H,11-14,16-17H2,1-2H3,(H,29,32). The Bertz CT molecular complexity index is 1250. The van der Waals surface area contributed by atoms with Crippen LogP contribution in [0.1, 0.15) is 56.0 Å². The minimum Gasteiger partial charge on any atom is -0.330 e. The molecule has 34 heavy (non-hydrogen) atoms. The average molecular weight is 494 g/mol. The molecule has 1 N–H and O–H groups in total. The number of hydrogen-bond acceptors (Lipinski definition) is 4. The monoisotopic (exact) mass is 493 g/mol. The van der Waals surface area contributed by atoms with Gasteiger partial charge in [0.1, 0.15) is 0 Å². The maximum absolute atomic E-state index is 13.4. The molecule has 1 fully saturated rings. The number of amides is 2. The molecule has 3 aromatic rings. The summed E-state index contributed by atoms with van der Waals surface area (Å²) in [6, 6.07) is 17.8. The molecular formula is C27H28ClN3O2S. The third-order valence-corrected chi connectivity index (χ3v) is 8.09. The van der Waals surface area contributed by atoms with Gasteiger partial charge in [0.15, 0.2) is 0 Å². The predicted octanol–water partition coefficient (Wildman–Crippen LogP) is 5.79. The molecule has 0 spiro atoms. The van der Waals surface area contributed by atoms with E-state index in [0.717, 1.165) is 24.1 Å². The van der Waals surface area contributed by atoms with Gasteiger partial charge in [-0.2, -0.15) is 0 Å². The van der Waals surface area contributed by atoms with Gasteiger partial charge in [0.25, 0.3) is 11.8 Å². The van der Waals surface area contributed by atoms with Crippen LogP contribution in [-0.4, -0.2) is 42.3 Å². The summed E-state index contributed by atoms with van der Waals surface area (Å²) in [7, 11) is 4.24. The first-order valence-electron chi connectivity index (χ1n) is 11.6. The molecule has 176 valence electrons. The largest absolute Gasteiger partial charge is 0.330 e. The van der Waals surface area contributed by atoms with Crippen molar-refractivity contribution >= 4 is 40.4 Å². The number of halogens is 1. The van der Waals surface area contributed by atoms with Gasteiger partial charge in [-0.1, -0.05) is 48.0 Å². The second kappa shape index (κ2) is 9.17. The molecule has 0 saturated heterocycles. The summed E-state index contributed by atoms with van der Waals surface area (Å²) in [6.07, 6.45) is 3.63. The van der Waals surface area contributed by atoms with Crippen molar-refractivity contribution in [2.75, 3.05) is 26.0 Å². The second-order valence-electron chi connectivity index (χ2n) is 9.59. The van der Waals surface area contributed by atoms with Crippen LogP contribution in [0.25, 0.3) is 0 Å². The maximum Gasteiger partial charge on any atom is 0.265 e. The smallest absolute Gasteiger partial charge is 0.265 e.